The van der Waals surface area contributed by atoms with Gasteiger partial charge >= 0.3 is 0 Å². The van der Waals surface area contributed by atoms with Gasteiger partial charge in [0.1, 0.15) is 11.9 Å². The summed E-state index contributed by atoms with van der Waals surface area (Å²) in [7, 11) is 0. The quantitative estimate of drug-likeness (QED) is 0.392. The summed E-state index contributed by atoms with van der Waals surface area (Å²) in [4.78, 5) is 4.85. The second-order valence-corrected chi connectivity index (χ2v) is 7.30. The standard InChI is InChI=1S/C26H26N2O/c1-4-29-25(21-12-6-5-7-13-21)24-18-27-26(22-14-8-10-19(2)16-22)28(24)23-15-9-11-20(3)17-23/h5-18,25H,4H2,1-3H3. The van der Waals surface area contributed by atoms with Gasteiger partial charge in [0.15, 0.2) is 0 Å². The molecule has 0 aliphatic carbocycles. The van der Waals surface area contributed by atoms with E-state index in [0.29, 0.717) is 6.61 Å². The van der Waals surface area contributed by atoms with E-state index in [0.717, 1.165) is 28.3 Å². The number of aromatic nitrogens is 2. The summed E-state index contributed by atoms with van der Waals surface area (Å²) in [6, 6.07) is 27.4. The van der Waals surface area contributed by atoms with Crippen LogP contribution in [0.1, 0.15) is 35.4 Å². The van der Waals surface area contributed by atoms with Crippen molar-refractivity contribution in [2.75, 3.05) is 6.61 Å². The molecule has 0 bridgehead atoms. The lowest BCUT2D eigenvalue weighted by Gasteiger charge is -2.21. The van der Waals surface area contributed by atoms with Crippen molar-refractivity contribution in [3.63, 3.8) is 0 Å². The van der Waals surface area contributed by atoms with Crippen molar-refractivity contribution in [2.24, 2.45) is 0 Å². The van der Waals surface area contributed by atoms with Crippen LogP contribution in [0.25, 0.3) is 17.1 Å². The highest BCUT2D eigenvalue weighted by atomic mass is 16.5. The van der Waals surface area contributed by atoms with E-state index in [1.165, 1.54) is 11.1 Å². The molecule has 3 aromatic carbocycles. The molecule has 3 heteroatoms. The zero-order valence-corrected chi connectivity index (χ0v) is 17.2. The maximum atomic E-state index is 6.22. The van der Waals surface area contributed by atoms with Gasteiger partial charge in [0.05, 0.1) is 11.9 Å². The van der Waals surface area contributed by atoms with Crippen LogP contribution in [-0.2, 0) is 4.74 Å². The Kier molecular flexibility index (Phi) is 5.59. The summed E-state index contributed by atoms with van der Waals surface area (Å²) in [6.07, 6.45) is 1.76. The normalized spacial score (nSPS) is 12.1. The van der Waals surface area contributed by atoms with Gasteiger partial charge in [-0.15, -0.1) is 0 Å². The molecule has 1 unspecified atom stereocenters. The van der Waals surface area contributed by atoms with E-state index in [1.54, 1.807) is 0 Å². The topological polar surface area (TPSA) is 27.1 Å². The highest BCUT2D eigenvalue weighted by Gasteiger charge is 2.23. The number of ether oxygens (including phenoxy) is 1. The van der Waals surface area contributed by atoms with E-state index in [-0.39, 0.29) is 6.10 Å². The van der Waals surface area contributed by atoms with Gasteiger partial charge in [-0.1, -0.05) is 66.2 Å². The van der Waals surface area contributed by atoms with E-state index in [1.807, 2.05) is 19.2 Å². The monoisotopic (exact) mass is 382 g/mol. The average Bonchev–Trinajstić information content (AvgIpc) is 3.17. The predicted molar refractivity (Wildman–Crippen MR) is 118 cm³/mol. The maximum Gasteiger partial charge on any atom is 0.144 e. The van der Waals surface area contributed by atoms with Gasteiger partial charge in [0, 0.05) is 17.9 Å². The molecule has 29 heavy (non-hydrogen) atoms. The Morgan fingerprint density at radius 1 is 0.862 bits per heavy atom. The molecule has 1 atom stereocenters. The first kappa shape index (κ1) is 19.2. The first-order valence-electron chi connectivity index (χ1n) is 10.1. The molecule has 0 aliphatic heterocycles. The van der Waals surface area contributed by atoms with Crippen molar-refractivity contribution in [1.82, 2.24) is 9.55 Å². The third-order valence-corrected chi connectivity index (χ3v) is 5.03. The third-order valence-electron chi connectivity index (χ3n) is 5.03. The largest absolute Gasteiger partial charge is 0.367 e. The minimum absolute atomic E-state index is 0.187. The third kappa shape index (κ3) is 4.01. The minimum atomic E-state index is -0.187. The Labute approximate surface area is 172 Å². The van der Waals surface area contributed by atoms with Gasteiger partial charge in [-0.05, 0) is 50.1 Å². The molecule has 1 heterocycles. The lowest BCUT2D eigenvalue weighted by atomic mass is 10.1. The van der Waals surface area contributed by atoms with E-state index in [2.05, 4.69) is 91.2 Å². The highest BCUT2D eigenvalue weighted by molar-refractivity contribution is 5.61. The van der Waals surface area contributed by atoms with E-state index in [9.17, 15) is 0 Å². The van der Waals surface area contributed by atoms with E-state index in [4.69, 9.17) is 9.72 Å². The number of hydrogen-bond acceptors (Lipinski definition) is 2. The summed E-state index contributed by atoms with van der Waals surface area (Å²) in [6.45, 7) is 6.88. The number of nitrogens with zero attached hydrogens (tertiary/aromatic N) is 2. The van der Waals surface area contributed by atoms with Crippen molar-refractivity contribution < 1.29 is 4.74 Å². The van der Waals surface area contributed by atoms with Gasteiger partial charge in [-0.25, -0.2) is 4.98 Å². The second-order valence-electron chi connectivity index (χ2n) is 7.30. The molecule has 4 aromatic rings. The molecule has 0 amide bonds. The Hall–Kier alpha value is -3.17. The maximum absolute atomic E-state index is 6.22. The minimum Gasteiger partial charge on any atom is -0.367 e. The summed E-state index contributed by atoms with van der Waals surface area (Å²) in [5.74, 6) is 0.926. The van der Waals surface area contributed by atoms with Crippen LogP contribution >= 0.6 is 0 Å². The summed E-state index contributed by atoms with van der Waals surface area (Å²) < 4.78 is 8.45. The Morgan fingerprint density at radius 3 is 2.28 bits per heavy atom. The van der Waals surface area contributed by atoms with Gasteiger partial charge in [0.2, 0.25) is 0 Å². The molecule has 0 saturated carbocycles. The van der Waals surface area contributed by atoms with Crippen molar-refractivity contribution >= 4 is 0 Å². The average molecular weight is 383 g/mol. The first-order chi connectivity index (χ1) is 14.2. The van der Waals surface area contributed by atoms with E-state index >= 15 is 0 Å². The highest BCUT2D eigenvalue weighted by Crippen LogP contribution is 2.33. The summed E-state index contributed by atoms with van der Waals surface area (Å²) in [5.41, 5.74) is 6.77. The van der Waals surface area contributed by atoms with Gasteiger partial charge in [-0.3, -0.25) is 4.57 Å². The molecule has 3 nitrogen and oxygen atoms in total. The smallest absolute Gasteiger partial charge is 0.144 e. The summed E-state index contributed by atoms with van der Waals surface area (Å²) in [5, 5.41) is 0. The number of hydrogen-bond donors (Lipinski definition) is 0. The fourth-order valence-corrected chi connectivity index (χ4v) is 3.72. The predicted octanol–water partition coefficient (Wildman–Crippen LogP) is 6.28. The fraction of sp³-hybridized carbons (Fsp3) is 0.192. The lowest BCUT2D eigenvalue weighted by molar-refractivity contribution is 0.0873. The van der Waals surface area contributed by atoms with Crippen molar-refractivity contribution in [3.05, 3.63) is 107 Å². The fourth-order valence-electron chi connectivity index (χ4n) is 3.72. The molecule has 0 saturated heterocycles. The second kappa shape index (κ2) is 8.46. The van der Waals surface area contributed by atoms with Crippen LogP contribution in [0.3, 0.4) is 0 Å². The van der Waals surface area contributed by atoms with E-state index < -0.39 is 0 Å². The number of aryl methyl sites for hydroxylation is 2. The van der Waals surface area contributed by atoms with Crippen LogP contribution in [0.4, 0.5) is 0 Å². The Balaban J connectivity index is 1.94. The molecule has 146 valence electrons. The SMILES string of the molecule is CCOC(c1ccccc1)c1cnc(-c2cccc(C)c2)n1-c1cccc(C)c1. The van der Waals surface area contributed by atoms with Gasteiger partial charge in [-0.2, -0.15) is 0 Å². The van der Waals surface area contributed by atoms with Crippen LogP contribution in [-0.4, -0.2) is 16.2 Å². The lowest BCUT2D eigenvalue weighted by Crippen LogP contribution is -2.12. The molecule has 0 N–H and O–H groups in total. The molecular formula is C26H26N2O. The molecule has 0 radical (unpaired) electrons. The molecule has 1 aromatic heterocycles. The van der Waals surface area contributed by atoms with Crippen molar-refractivity contribution in [2.45, 2.75) is 26.9 Å². The first-order valence-corrected chi connectivity index (χ1v) is 10.1. The number of benzene rings is 3. The van der Waals surface area contributed by atoms with Crippen LogP contribution in [0.15, 0.2) is 85.1 Å². The van der Waals surface area contributed by atoms with Gasteiger partial charge in [0.25, 0.3) is 0 Å². The van der Waals surface area contributed by atoms with Gasteiger partial charge < -0.3 is 4.74 Å². The molecule has 4 rings (SSSR count). The van der Waals surface area contributed by atoms with Crippen LogP contribution in [0.5, 0.6) is 0 Å². The van der Waals surface area contributed by atoms with Crippen molar-refractivity contribution in [3.8, 4) is 17.1 Å². The van der Waals surface area contributed by atoms with Crippen molar-refractivity contribution in [1.29, 1.82) is 0 Å². The molecular weight excluding hydrogens is 356 g/mol. The summed E-state index contributed by atoms with van der Waals surface area (Å²) >= 11 is 0. The zero-order valence-electron chi connectivity index (χ0n) is 17.2. The zero-order chi connectivity index (χ0) is 20.2. The molecule has 0 aliphatic rings. The van der Waals surface area contributed by atoms with Crippen LogP contribution < -0.4 is 0 Å². The number of rotatable bonds is 6. The molecule has 0 spiro atoms. The Morgan fingerprint density at radius 2 is 1.59 bits per heavy atom. The number of imidazole rings is 1. The van der Waals surface area contributed by atoms with Crippen LogP contribution in [0.2, 0.25) is 0 Å². The Bertz CT molecular complexity index is 1100. The molecule has 0 fully saturated rings. The van der Waals surface area contributed by atoms with Crippen LogP contribution in [0, 0.1) is 13.8 Å².